The minimum absolute atomic E-state index is 0.0523. The number of carbonyl (C=O) groups excluding carboxylic acids is 2. The number of rotatable bonds is 3. The molecule has 7 nitrogen and oxygen atoms in total. The van der Waals surface area contributed by atoms with Crippen molar-refractivity contribution < 1.29 is 23.8 Å². The lowest BCUT2D eigenvalue weighted by atomic mass is 9.75. The van der Waals surface area contributed by atoms with Crippen molar-refractivity contribution in [3.8, 4) is 17.6 Å². The molecule has 1 heterocycles. The van der Waals surface area contributed by atoms with Gasteiger partial charge in [-0.3, -0.25) is 9.59 Å². The van der Waals surface area contributed by atoms with Crippen LogP contribution in [0, 0.1) is 11.3 Å². The Morgan fingerprint density at radius 1 is 1.00 bits per heavy atom. The monoisotopic (exact) mass is 388 g/mol. The third-order valence-corrected chi connectivity index (χ3v) is 5.03. The van der Waals surface area contributed by atoms with Crippen molar-refractivity contribution >= 4 is 11.6 Å². The van der Waals surface area contributed by atoms with Gasteiger partial charge in [-0.05, 0) is 17.7 Å². The molecule has 1 atom stereocenters. The molecular weight excluding hydrogens is 372 g/mol. The SMILES string of the molecule is COc1ccc([C@H]2C(C#N)=C(N)OC3=C2C(=O)c2ccccc2C3=O)cc1OC. The molecule has 0 unspecified atom stereocenters. The van der Waals surface area contributed by atoms with Gasteiger partial charge >= 0.3 is 0 Å². The number of allylic oxidation sites excluding steroid dienone is 3. The van der Waals surface area contributed by atoms with Crippen molar-refractivity contribution in [2.24, 2.45) is 5.73 Å². The van der Waals surface area contributed by atoms with Gasteiger partial charge in [0.15, 0.2) is 23.0 Å². The number of nitrogens with zero attached hydrogens (tertiary/aromatic N) is 1. The molecule has 0 aromatic heterocycles. The summed E-state index contributed by atoms with van der Waals surface area (Å²) in [6.07, 6.45) is 0. The minimum atomic E-state index is -0.867. The quantitative estimate of drug-likeness (QED) is 0.860. The highest BCUT2D eigenvalue weighted by Gasteiger charge is 2.43. The van der Waals surface area contributed by atoms with Crippen LogP contribution >= 0.6 is 0 Å². The third kappa shape index (κ3) is 2.65. The van der Waals surface area contributed by atoms with Crippen molar-refractivity contribution in [1.29, 1.82) is 5.26 Å². The maximum absolute atomic E-state index is 13.3. The van der Waals surface area contributed by atoms with Crippen LogP contribution in [0.4, 0.5) is 0 Å². The van der Waals surface area contributed by atoms with Gasteiger partial charge in [0.2, 0.25) is 11.7 Å². The first kappa shape index (κ1) is 18.3. The molecule has 2 N–H and O–H groups in total. The molecule has 0 fully saturated rings. The topological polar surface area (TPSA) is 112 Å². The highest BCUT2D eigenvalue weighted by molar-refractivity contribution is 6.27. The van der Waals surface area contributed by atoms with Crippen LogP contribution in [0.1, 0.15) is 32.2 Å². The number of ether oxygens (including phenoxy) is 3. The number of Topliss-reactive ketones (excluding diaryl/α,β-unsaturated/α-hetero) is 2. The van der Waals surface area contributed by atoms with Crippen LogP contribution < -0.4 is 15.2 Å². The summed E-state index contributed by atoms with van der Waals surface area (Å²) in [5, 5.41) is 9.72. The molecule has 7 heteroatoms. The summed E-state index contributed by atoms with van der Waals surface area (Å²) in [5.74, 6) is -1.13. The van der Waals surface area contributed by atoms with Gasteiger partial charge in [0, 0.05) is 11.1 Å². The van der Waals surface area contributed by atoms with E-state index in [1.165, 1.54) is 14.2 Å². The lowest BCUT2D eigenvalue weighted by molar-refractivity contribution is 0.0897. The predicted molar refractivity (Wildman–Crippen MR) is 102 cm³/mol. The molecule has 2 aromatic carbocycles. The zero-order chi connectivity index (χ0) is 20.7. The molecule has 144 valence electrons. The van der Waals surface area contributed by atoms with Crippen molar-refractivity contribution in [1.82, 2.24) is 0 Å². The van der Waals surface area contributed by atoms with Crippen LogP contribution in [-0.4, -0.2) is 25.8 Å². The van der Waals surface area contributed by atoms with Gasteiger partial charge in [0.05, 0.1) is 25.7 Å². The fourth-order valence-electron chi connectivity index (χ4n) is 3.67. The Bertz CT molecular complexity index is 1170. The summed E-state index contributed by atoms with van der Waals surface area (Å²) >= 11 is 0. The summed E-state index contributed by atoms with van der Waals surface area (Å²) in [7, 11) is 2.99. The van der Waals surface area contributed by atoms with Crippen LogP contribution in [0.25, 0.3) is 0 Å². The molecule has 0 radical (unpaired) electrons. The van der Waals surface area contributed by atoms with E-state index in [1.807, 2.05) is 6.07 Å². The van der Waals surface area contributed by atoms with Crippen LogP contribution in [-0.2, 0) is 4.74 Å². The minimum Gasteiger partial charge on any atom is -0.493 e. The second-order valence-electron chi connectivity index (χ2n) is 6.49. The van der Waals surface area contributed by atoms with Gasteiger partial charge in [-0.1, -0.05) is 30.3 Å². The van der Waals surface area contributed by atoms with Gasteiger partial charge in [0.1, 0.15) is 11.6 Å². The van der Waals surface area contributed by atoms with E-state index >= 15 is 0 Å². The van der Waals surface area contributed by atoms with Crippen LogP contribution in [0.2, 0.25) is 0 Å². The molecule has 2 aromatic rings. The third-order valence-electron chi connectivity index (χ3n) is 5.03. The van der Waals surface area contributed by atoms with Crippen molar-refractivity contribution in [3.63, 3.8) is 0 Å². The van der Waals surface area contributed by atoms with Gasteiger partial charge in [-0.2, -0.15) is 5.26 Å². The van der Waals surface area contributed by atoms with E-state index < -0.39 is 11.7 Å². The Kier molecular flexibility index (Phi) is 4.32. The van der Waals surface area contributed by atoms with Crippen molar-refractivity contribution in [3.05, 3.63) is 81.9 Å². The molecule has 0 saturated heterocycles. The highest BCUT2D eigenvalue weighted by Crippen LogP contribution is 2.45. The Morgan fingerprint density at radius 3 is 2.28 bits per heavy atom. The molecule has 0 spiro atoms. The van der Waals surface area contributed by atoms with E-state index in [2.05, 4.69) is 0 Å². The number of nitrogens with two attached hydrogens (primary N) is 1. The fraction of sp³-hybridized carbons (Fsp3) is 0.136. The molecular formula is C22H16N2O5. The second-order valence-corrected chi connectivity index (χ2v) is 6.49. The molecule has 0 amide bonds. The van der Waals surface area contributed by atoms with E-state index in [0.717, 1.165) is 0 Å². The number of ketones is 2. The lowest BCUT2D eigenvalue weighted by Crippen LogP contribution is -2.32. The molecule has 0 bridgehead atoms. The Hall–Kier alpha value is -4.05. The van der Waals surface area contributed by atoms with E-state index in [-0.39, 0.29) is 39.7 Å². The average molecular weight is 388 g/mol. The first-order chi connectivity index (χ1) is 14.0. The average Bonchev–Trinajstić information content (AvgIpc) is 2.76. The van der Waals surface area contributed by atoms with Crippen molar-refractivity contribution in [2.75, 3.05) is 14.2 Å². The Balaban J connectivity index is 1.96. The van der Waals surface area contributed by atoms with E-state index in [0.29, 0.717) is 17.1 Å². The molecule has 1 aliphatic heterocycles. The molecule has 4 rings (SSSR count). The Labute approximate surface area is 166 Å². The maximum Gasteiger partial charge on any atom is 0.229 e. The summed E-state index contributed by atoms with van der Waals surface area (Å²) in [4.78, 5) is 26.3. The van der Waals surface area contributed by atoms with Crippen LogP contribution in [0.5, 0.6) is 11.5 Å². The summed E-state index contributed by atoms with van der Waals surface area (Å²) in [6.45, 7) is 0. The number of fused-ring (bicyclic) bond motifs is 1. The highest BCUT2D eigenvalue weighted by atomic mass is 16.5. The number of methoxy groups -OCH3 is 2. The van der Waals surface area contributed by atoms with Crippen molar-refractivity contribution in [2.45, 2.75) is 5.92 Å². The number of benzene rings is 2. The number of hydrogen-bond donors (Lipinski definition) is 1. The number of hydrogen-bond acceptors (Lipinski definition) is 7. The number of nitriles is 1. The van der Waals surface area contributed by atoms with Crippen LogP contribution in [0.3, 0.4) is 0 Å². The first-order valence-electron chi connectivity index (χ1n) is 8.73. The normalized spacial score (nSPS) is 17.9. The fourth-order valence-corrected chi connectivity index (χ4v) is 3.67. The molecule has 2 aliphatic rings. The summed E-state index contributed by atoms with van der Waals surface area (Å²) < 4.78 is 16.1. The van der Waals surface area contributed by atoms with E-state index in [4.69, 9.17) is 19.9 Å². The van der Waals surface area contributed by atoms with Gasteiger partial charge in [0.25, 0.3) is 0 Å². The molecule has 29 heavy (non-hydrogen) atoms. The zero-order valence-electron chi connectivity index (χ0n) is 15.7. The maximum atomic E-state index is 13.3. The summed E-state index contributed by atoms with van der Waals surface area (Å²) in [6, 6.07) is 13.5. The molecule has 0 saturated carbocycles. The van der Waals surface area contributed by atoms with Crippen LogP contribution in [0.15, 0.2) is 65.3 Å². The smallest absolute Gasteiger partial charge is 0.229 e. The molecule has 1 aliphatic carbocycles. The lowest BCUT2D eigenvalue weighted by Gasteiger charge is -2.31. The van der Waals surface area contributed by atoms with E-state index in [1.54, 1.807) is 42.5 Å². The van der Waals surface area contributed by atoms with Gasteiger partial charge in [-0.15, -0.1) is 0 Å². The second kappa shape index (κ2) is 6.84. The standard InChI is InChI=1S/C22H16N2O5/c1-27-15-8-7-11(9-16(15)28-2)17-14(10-23)22(24)29-21-18(17)19(25)12-5-3-4-6-13(12)20(21)26/h3-9,17H,24H2,1-2H3/t17-/m0/s1. The van der Waals surface area contributed by atoms with Gasteiger partial charge < -0.3 is 19.9 Å². The number of carbonyl (C=O) groups is 2. The Morgan fingerprint density at radius 2 is 1.66 bits per heavy atom. The zero-order valence-corrected chi connectivity index (χ0v) is 15.7. The van der Waals surface area contributed by atoms with E-state index in [9.17, 15) is 14.9 Å². The summed E-state index contributed by atoms with van der Waals surface area (Å²) in [5.41, 5.74) is 7.17. The predicted octanol–water partition coefficient (Wildman–Crippen LogP) is 2.84. The largest absolute Gasteiger partial charge is 0.493 e. The van der Waals surface area contributed by atoms with Gasteiger partial charge in [-0.25, -0.2) is 0 Å². The first-order valence-corrected chi connectivity index (χ1v) is 8.73.